The molecule has 5 rings (SSSR count). The van der Waals surface area contributed by atoms with Crippen LogP contribution in [0.4, 0.5) is 0 Å². The summed E-state index contributed by atoms with van der Waals surface area (Å²) < 4.78 is 5.44. The average molecular weight is 364 g/mol. The van der Waals surface area contributed by atoms with Gasteiger partial charge in [-0.05, 0) is 54.0 Å². The SMILES string of the molecule is Cn1nnc(C(=O)C[C@@H]2CCc3cc(-c4noc(C5CCC5)n4)ccc32)n1. The van der Waals surface area contributed by atoms with E-state index < -0.39 is 0 Å². The molecule has 2 aliphatic carbocycles. The van der Waals surface area contributed by atoms with Crippen LogP contribution in [-0.4, -0.2) is 36.1 Å². The summed E-state index contributed by atoms with van der Waals surface area (Å²) >= 11 is 0. The van der Waals surface area contributed by atoms with Crippen molar-refractivity contribution in [2.75, 3.05) is 0 Å². The summed E-state index contributed by atoms with van der Waals surface area (Å²) in [6, 6.07) is 6.26. The average Bonchev–Trinajstić information content (AvgIpc) is 3.34. The number of ketones is 1. The molecule has 8 heteroatoms. The summed E-state index contributed by atoms with van der Waals surface area (Å²) in [5.41, 5.74) is 3.46. The molecule has 0 aliphatic heterocycles. The van der Waals surface area contributed by atoms with E-state index in [1.807, 2.05) is 6.07 Å². The van der Waals surface area contributed by atoms with E-state index in [-0.39, 0.29) is 17.5 Å². The van der Waals surface area contributed by atoms with E-state index in [4.69, 9.17) is 4.52 Å². The van der Waals surface area contributed by atoms with E-state index in [1.54, 1.807) is 7.05 Å². The molecule has 2 aliphatic rings. The molecule has 2 aromatic heterocycles. The van der Waals surface area contributed by atoms with E-state index in [2.05, 4.69) is 37.7 Å². The zero-order chi connectivity index (χ0) is 18.4. The monoisotopic (exact) mass is 364 g/mol. The van der Waals surface area contributed by atoms with Gasteiger partial charge in [0, 0.05) is 17.9 Å². The summed E-state index contributed by atoms with van der Waals surface area (Å²) in [6.45, 7) is 0. The third kappa shape index (κ3) is 2.94. The van der Waals surface area contributed by atoms with Crippen molar-refractivity contribution in [2.24, 2.45) is 7.05 Å². The fourth-order valence-electron chi connectivity index (χ4n) is 3.94. The number of carbonyl (C=O) groups is 1. The van der Waals surface area contributed by atoms with Crippen molar-refractivity contribution in [3.63, 3.8) is 0 Å². The zero-order valence-electron chi connectivity index (χ0n) is 15.1. The van der Waals surface area contributed by atoms with Crippen molar-refractivity contribution in [1.82, 2.24) is 30.3 Å². The number of tetrazole rings is 1. The minimum absolute atomic E-state index is 0.0617. The van der Waals surface area contributed by atoms with Crippen molar-refractivity contribution < 1.29 is 9.32 Å². The molecule has 8 nitrogen and oxygen atoms in total. The smallest absolute Gasteiger partial charge is 0.240 e. The molecule has 0 bridgehead atoms. The summed E-state index contributed by atoms with van der Waals surface area (Å²) in [7, 11) is 1.66. The van der Waals surface area contributed by atoms with Gasteiger partial charge in [-0.15, -0.1) is 10.2 Å². The molecule has 1 atom stereocenters. The predicted molar refractivity (Wildman–Crippen MR) is 95.1 cm³/mol. The number of aromatic nitrogens is 6. The molecule has 0 radical (unpaired) electrons. The lowest BCUT2D eigenvalue weighted by atomic mass is 9.85. The minimum Gasteiger partial charge on any atom is -0.339 e. The number of aryl methyl sites for hydroxylation is 2. The number of hydrogen-bond acceptors (Lipinski definition) is 7. The van der Waals surface area contributed by atoms with Crippen molar-refractivity contribution in [1.29, 1.82) is 0 Å². The maximum atomic E-state index is 12.4. The largest absolute Gasteiger partial charge is 0.339 e. The second-order valence-electron chi connectivity index (χ2n) is 7.46. The lowest BCUT2D eigenvalue weighted by molar-refractivity contribution is 0.0963. The van der Waals surface area contributed by atoms with Gasteiger partial charge in [0.15, 0.2) is 0 Å². The summed E-state index contributed by atoms with van der Waals surface area (Å²) in [5.74, 6) is 2.18. The third-order valence-corrected chi connectivity index (χ3v) is 5.69. The van der Waals surface area contributed by atoms with Crippen LogP contribution < -0.4 is 0 Å². The Morgan fingerprint density at radius 2 is 2.19 bits per heavy atom. The number of benzene rings is 1. The molecule has 0 amide bonds. The van der Waals surface area contributed by atoms with Crippen molar-refractivity contribution in [2.45, 2.75) is 50.4 Å². The van der Waals surface area contributed by atoms with E-state index in [9.17, 15) is 4.79 Å². The first-order chi connectivity index (χ1) is 13.2. The highest BCUT2D eigenvalue weighted by atomic mass is 16.5. The molecule has 3 aromatic rings. The van der Waals surface area contributed by atoms with Gasteiger partial charge in [0.2, 0.25) is 23.3 Å². The zero-order valence-corrected chi connectivity index (χ0v) is 15.1. The number of Topliss-reactive ketones (excluding diaryl/α,β-unsaturated/α-hetero) is 1. The molecule has 0 unspecified atom stereocenters. The van der Waals surface area contributed by atoms with Crippen LogP contribution in [0, 0.1) is 0 Å². The minimum atomic E-state index is -0.0617. The molecule has 0 spiro atoms. The molecule has 0 saturated heterocycles. The normalized spacial score (nSPS) is 19.1. The summed E-state index contributed by atoms with van der Waals surface area (Å²) in [5, 5.41) is 15.7. The Morgan fingerprint density at radius 1 is 1.30 bits per heavy atom. The molecule has 1 fully saturated rings. The Morgan fingerprint density at radius 3 is 2.93 bits per heavy atom. The lowest BCUT2D eigenvalue weighted by Gasteiger charge is -2.20. The predicted octanol–water partition coefficient (Wildman–Crippen LogP) is 2.83. The Labute approximate surface area is 156 Å². The topological polar surface area (TPSA) is 99.6 Å². The van der Waals surface area contributed by atoms with Gasteiger partial charge in [-0.3, -0.25) is 4.79 Å². The lowest BCUT2D eigenvalue weighted by Crippen LogP contribution is -2.08. The first-order valence-corrected chi connectivity index (χ1v) is 9.41. The van der Waals surface area contributed by atoms with Crippen molar-refractivity contribution in [3.05, 3.63) is 41.0 Å². The van der Waals surface area contributed by atoms with Gasteiger partial charge < -0.3 is 4.52 Å². The van der Waals surface area contributed by atoms with Gasteiger partial charge in [-0.2, -0.15) is 9.78 Å². The van der Waals surface area contributed by atoms with E-state index in [0.29, 0.717) is 18.2 Å². The second kappa shape index (κ2) is 6.37. The van der Waals surface area contributed by atoms with Crippen LogP contribution in [0.3, 0.4) is 0 Å². The standard InChI is InChI=1S/C19H20N6O2/c1-25-22-18(21-24-25)16(26)10-13-6-5-12-9-14(7-8-15(12)13)17-20-19(27-23-17)11-3-2-4-11/h7-9,11,13H,2-6,10H2,1H3/t13-/m0/s1. The Balaban J connectivity index is 1.34. The van der Waals surface area contributed by atoms with E-state index >= 15 is 0 Å². The highest BCUT2D eigenvalue weighted by Crippen LogP contribution is 2.39. The van der Waals surface area contributed by atoms with Crippen molar-refractivity contribution >= 4 is 5.78 Å². The molecular formula is C19H20N6O2. The first-order valence-electron chi connectivity index (χ1n) is 9.41. The molecule has 2 heterocycles. The van der Waals surface area contributed by atoms with Gasteiger partial charge in [-0.1, -0.05) is 23.7 Å². The number of rotatable bonds is 5. The Bertz CT molecular complexity index is 1000. The van der Waals surface area contributed by atoms with Crippen LogP contribution in [0.25, 0.3) is 11.4 Å². The van der Waals surface area contributed by atoms with Crippen LogP contribution in [-0.2, 0) is 13.5 Å². The van der Waals surface area contributed by atoms with Gasteiger partial charge in [0.05, 0.1) is 7.05 Å². The van der Waals surface area contributed by atoms with Crippen LogP contribution >= 0.6 is 0 Å². The fraction of sp³-hybridized carbons (Fsp3) is 0.474. The van der Waals surface area contributed by atoms with Crippen LogP contribution in [0.15, 0.2) is 22.7 Å². The third-order valence-electron chi connectivity index (χ3n) is 5.69. The van der Waals surface area contributed by atoms with Crippen LogP contribution in [0.5, 0.6) is 0 Å². The maximum absolute atomic E-state index is 12.4. The fourth-order valence-corrected chi connectivity index (χ4v) is 3.94. The molecule has 1 aromatic carbocycles. The second-order valence-corrected chi connectivity index (χ2v) is 7.46. The first kappa shape index (κ1) is 16.3. The summed E-state index contributed by atoms with van der Waals surface area (Å²) in [6.07, 6.45) is 5.83. The Kier molecular flexibility index (Phi) is 3.84. The highest BCUT2D eigenvalue weighted by molar-refractivity contribution is 5.92. The molecule has 138 valence electrons. The van der Waals surface area contributed by atoms with Crippen LogP contribution in [0.1, 0.15) is 71.6 Å². The Hall–Kier alpha value is -2.90. The number of carbonyl (C=O) groups excluding carboxylic acids is 1. The quantitative estimate of drug-likeness (QED) is 0.642. The summed E-state index contributed by atoms with van der Waals surface area (Å²) in [4.78, 5) is 18.3. The molecule has 0 N–H and O–H groups in total. The number of nitrogens with zero attached hydrogens (tertiary/aromatic N) is 6. The number of hydrogen-bond donors (Lipinski definition) is 0. The van der Waals surface area contributed by atoms with E-state index in [0.717, 1.165) is 37.1 Å². The van der Waals surface area contributed by atoms with Gasteiger partial charge in [-0.25, -0.2) is 0 Å². The molecule has 27 heavy (non-hydrogen) atoms. The van der Waals surface area contributed by atoms with E-state index in [1.165, 1.54) is 22.3 Å². The van der Waals surface area contributed by atoms with Gasteiger partial charge in [0.25, 0.3) is 0 Å². The van der Waals surface area contributed by atoms with Crippen molar-refractivity contribution in [3.8, 4) is 11.4 Å². The van der Waals surface area contributed by atoms with Crippen LogP contribution in [0.2, 0.25) is 0 Å². The van der Waals surface area contributed by atoms with Gasteiger partial charge >= 0.3 is 0 Å². The molecule has 1 saturated carbocycles. The maximum Gasteiger partial charge on any atom is 0.240 e. The molecular weight excluding hydrogens is 344 g/mol. The van der Waals surface area contributed by atoms with Gasteiger partial charge in [0.1, 0.15) is 0 Å². The number of fused-ring (bicyclic) bond motifs is 1. The highest BCUT2D eigenvalue weighted by Gasteiger charge is 2.28.